The number of anilines is 2. The average Bonchev–Trinajstić information content (AvgIpc) is 2.29. The molecule has 1 aromatic heterocycles. The standard InChI is InChI=1S/C13H14BrN3/c1-9(2)10-3-5-11(6-4-10)17-13-7-12(14)15-8-16-13/h3-9H,1-2H3,(H,15,16,17). The maximum Gasteiger partial charge on any atom is 0.134 e. The monoisotopic (exact) mass is 291 g/mol. The van der Waals surface area contributed by atoms with Gasteiger partial charge < -0.3 is 5.32 Å². The smallest absolute Gasteiger partial charge is 0.134 e. The Morgan fingerprint density at radius 3 is 2.41 bits per heavy atom. The molecule has 0 fully saturated rings. The minimum absolute atomic E-state index is 0.553. The Kier molecular flexibility index (Phi) is 3.74. The molecule has 0 saturated carbocycles. The number of hydrogen-bond donors (Lipinski definition) is 1. The maximum absolute atomic E-state index is 4.14. The van der Waals surface area contributed by atoms with Crippen molar-refractivity contribution in [2.24, 2.45) is 0 Å². The van der Waals surface area contributed by atoms with Crippen LogP contribution in [0.4, 0.5) is 11.5 Å². The summed E-state index contributed by atoms with van der Waals surface area (Å²) in [5.41, 5.74) is 2.36. The first kappa shape index (κ1) is 12.0. The van der Waals surface area contributed by atoms with Crippen LogP contribution in [0.3, 0.4) is 0 Å². The minimum atomic E-state index is 0.553. The van der Waals surface area contributed by atoms with Gasteiger partial charge in [0.2, 0.25) is 0 Å². The first-order valence-corrected chi connectivity index (χ1v) is 6.29. The van der Waals surface area contributed by atoms with Gasteiger partial charge in [-0.2, -0.15) is 0 Å². The number of nitrogens with one attached hydrogen (secondary N) is 1. The molecular weight excluding hydrogens is 278 g/mol. The minimum Gasteiger partial charge on any atom is -0.340 e. The highest BCUT2D eigenvalue weighted by Crippen LogP contribution is 2.20. The van der Waals surface area contributed by atoms with Crippen molar-refractivity contribution in [1.82, 2.24) is 9.97 Å². The van der Waals surface area contributed by atoms with E-state index in [1.165, 1.54) is 11.9 Å². The molecule has 4 heteroatoms. The van der Waals surface area contributed by atoms with Crippen LogP contribution < -0.4 is 5.32 Å². The lowest BCUT2D eigenvalue weighted by Gasteiger charge is -2.08. The molecule has 0 unspecified atom stereocenters. The van der Waals surface area contributed by atoms with Gasteiger partial charge in [0.05, 0.1) is 0 Å². The second-order valence-electron chi connectivity index (χ2n) is 4.13. The molecule has 1 N–H and O–H groups in total. The summed E-state index contributed by atoms with van der Waals surface area (Å²) in [5, 5.41) is 3.23. The van der Waals surface area contributed by atoms with Crippen molar-refractivity contribution < 1.29 is 0 Å². The quantitative estimate of drug-likeness (QED) is 0.865. The maximum atomic E-state index is 4.14. The molecule has 0 aliphatic heterocycles. The van der Waals surface area contributed by atoms with Crippen molar-refractivity contribution in [3.05, 3.63) is 46.8 Å². The first-order valence-electron chi connectivity index (χ1n) is 5.49. The van der Waals surface area contributed by atoms with Gasteiger partial charge in [-0.05, 0) is 39.5 Å². The third-order valence-electron chi connectivity index (χ3n) is 2.48. The fraction of sp³-hybridized carbons (Fsp3) is 0.231. The number of nitrogens with zero attached hydrogens (tertiary/aromatic N) is 2. The van der Waals surface area contributed by atoms with E-state index < -0.39 is 0 Å². The first-order chi connectivity index (χ1) is 8.15. The lowest BCUT2D eigenvalue weighted by atomic mass is 10.0. The normalized spacial score (nSPS) is 10.6. The van der Waals surface area contributed by atoms with E-state index in [9.17, 15) is 0 Å². The molecule has 0 spiro atoms. The second kappa shape index (κ2) is 5.27. The fourth-order valence-corrected chi connectivity index (χ4v) is 1.81. The summed E-state index contributed by atoms with van der Waals surface area (Å²) in [5.74, 6) is 1.33. The van der Waals surface area contributed by atoms with Crippen LogP contribution in [0.25, 0.3) is 0 Å². The molecule has 3 nitrogen and oxygen atoms in total. The lowest BCUT2D eigenvalue weighted by Crippen LogP contribution is -1.95. The molecule has 1 aromatic carbocycles. The molecule has 0 radical (unpaired) electrons. The third kappa shape index (κ3) is 3.27. The topological polar surface area (TPSA) is 37.8 Å². The van der Waals surface area contributed by atoms with Gasteiger partial charge >= 0.3 is 0 Å². The number of benzene rings is 1. The molecule has 0 aliphatic carbocycles. The molecule has 0 aliphatic rings. The number of halogens is 1. The number of aromatic nitrogens is 2. The van der Waals surface area contributed by atoms with Gasteiger partial charge in [0, 0.05) is 11.8 Å². The third-order valence-corrected chi connectivity index (χ3v) is 2.92. The summed E-state index contributed by atoms with van der Waals surface area (Å²) in [4.78, 5) is 8.12. The van der Waals surface area contributed by atoms with E-state index in [0.29, 0.717) is 5.92 Å². The Morgan fingerprint density at radius 2 is 1.82 bits per heavy atom. The highest BCUT2D eigenvalue weighted by molar-refractivity contribution is 9.10. The van der Waals surface area contributed by atoms with Gasteiger partial charge in [0.25, 0.3) is 0 Å². The van der Waals surface area contributed by atoms with Gasteiger partial charge in [-0.25, -0.2) is 9.97 Å². The van der Waals surface area contributed by atoms with Crippen molar-refractivity contribution in [2.75, 3.05) is 5.32 Å². The van der Waals surface area contributed by atoms with Crippen molar-refractivity contribution in [1.29, 1.82) is 0 Å². The molecule has 2 rings (SSSR count). The molecule has 0 amide bonds. The van der Waals surface area contributed by atoms with E-state index >= 15 is 0 Å². The van der Waals surface area contributed by atoms with E-state index in [2.05, 4.69) is 69.3 Å². The van der Waals surface area contributed by atoms with E-state index in [1.54, 1.807) is 0 Å². The molecule has 88 valence electrons. The van der Waals surface area contributed by atoms with Crippen molar-refractivity contribution in [3.8, 4) is 0 Å². The fourth-order valence-electron chi connectivity index (χ4n) is 1.50. The molecule has 0 bridgehead atoms. The van der Waals surface area contributed by atoms with Crippen LogP contribution in [-0.2, 0) is 0 Å². The average molecular weight is 292 g/mol. The molecule has 2 aromatic rings. The second-order valence-corrected chi connectivity index (χ2v) is 4.94. The van der Waals surface area contributed by atoms with Gasteiger partial charge in [-0.15, -0.1) is 0 Å². The van der Waals surface area contributed by atoms with E-state index in [0.717, 1.165) is 16.1 Å². The molecule has 17 heavy (non-hydrogen) atoms. The Balaban J connectivity index is 2.14. The Bertz CT molecular complexity index is 494. The van der Waals surface area contributed by atoms with Crippen LogP contribution in [-0.4, -0.2) is 9.97 Å². The zero-order valence-corrected chi connectivity index (χ0v) is 11.4. The van der Waals surface area contributed by atoms with Gasteiger partial charge in [0.15, 0.2) is 0 Å². The van der Waals surface area contributed by atoms with Crippen LogP contribution in [0.2, 0.25) is 0 Å². The van der Waals surface area contributed by atoms with Gasteiger partial charge in [0.1, 0.15) is 16.7 Å². The highest BCUT2D eigenvalue weighted by atomic mass is 79.9. The molecule has 0 saturated heterocycles. The zero-order valence-electron chi connectivity index (χ0n) is 9.81. The van der Waals surface area contributed by atoms with Crippen molar-refractivity contribution >= 4 is 27.4 Å². The predicted octanol–water partition coefficient (Wildman–Crippen LogP) is 4.11. The summed E-state index contributed by atoms with van der Waals surface area (Å²) < 4.78 is 0.772. The largest absolute Gasteiger partial charge is 0.340 e. The number of hydrogen-bond acceptors (Lipinski definition) is 3. The highest BCUT2D eigenvalue weighted by Gasteiger charge is 2.00. The summed E-state index contributed by atoms with van der Waals surface area (Å²) >= 11 is 3.32. The van der Waals surface area contributed by atoms with E-state index in [1.807, 2.05) is 6.07 Å². The van der Waals surface area contributed by atoms with Crippen LogP contribution in [0, 0.1) is 0 Å². The summed E-state index contributed by atoms with van der Waals surface area (Å²) in [6, 6.07) is 10.2. The van der Waals surface area contributed by atoms with Crippen molar-refractivity contribution in [3.63, 3.8) is 0 Å². The van der Waals surface area contributed by atoms with Gasteiger partial charge in [-0.3, -0.25) is 0 Å². The summed E-state index contributed by atoms with van der Waals surface area (Å²) in [6.07, 6.45) is 1.52. The van der Waals surface area contributed by atoms with Gasteiger partial charge in [-0.1, -0.05) is 26.0 Å². The van der Waals surface area contributed by atoms with Crippen LogP contribution >= 0.6 is 15.9 Å². The summed E-state index contributed by atoms with van der Waals surface area (Å²) in [6.45, 7) is 4.37. The molecule has 1 heterocycles. The van der Waals surface area contributed by atoms with Crippen LogP contribution in [0.15, 0.2) is 41.3 Å². The molecule has 0 atom stereocenters. The Morgan fingerprint density at radius 1 is 1.12 bits per heavy atom. The summed E-state index contributed by atoms with van der Waals surface area (Å²) in [7, 11) is 0. The Labute approximate surface area is 109 Å². The molecular formula is C13H14BrN3. The Hall–Kier alpha value is -1.42. The number of rotatable bonds is 3. The SMILES string of the molecule is CC(C)c1ccc(Nc2cc(Br)ncn2)cc1. The van der Waals surface area contributed by atoms with Crippen LogP contribution in [0.5, 0.6) is 0 Å². The van der Waals surface area contributed by atoms with Crippen LogP contribution in [0.1, 0.15) is 25.3 Å². The lowest BCUT2D eigenvalue weighted by molar-refractivity contribution is 0.867. The van der Waals surface area contributed by atoms with E-state index in [-0.39, 0.29) is 0 Å². The predicted molar refractivity (Wildman–Crippen MR) is 73.5 cm³/mol. The van der Waals surface area contributed by atoms with Crippen molar-refractivity contribution in [2.45, 2.75) is 19.8 Å². The van der Waals surface area contributed by atoms with E-state index in [4.69, 9.17) is 0 Å². The zero-order chi connectivity index (χ0) is 12.3.